The Bertz CT molecular complexity index is 574. The van der Waals surface area contributed by atoms with E-state index in [1.807, 2.05) is 0 Å². The fourth-order valence-corrected chi connectivity index (χ4v) is 1.34. The number of hydrogen-bond acceptors (Lipinski definition) is 6. The minimum atomic E-state index is -5.39. The van der Waals surface area contributed by atoms with E-state index in [1.165, 1.54) is 0 Å². The molecule has 0 radical (unpaired) electrons. The standard InChI is InChI=1S/C9H5F5N2O5/c1-20-8(17)3-2-15-7(21-9(12,13)14)4(6(10)11)5(3)16(18)19/h2,6H,1H3. The maximum atomic E-state index is 12.8. The molecule has 0 aromatic carbocycles. The van der Waals surface area contributed by atoms with Gasteiger partial charge >= 0.3 is 12.3 Å². The molecule has 0 saturated heterocycles. The van der Waals surface area contributed by atoms with Crippen molar-refractivity contribution in [2.24, 2.45) is 0 Å². The number of aromatic nitrogens is 1. The predicted octanol–water partition coefficient (Wildman–Crippen LogP) is 2.61. The lowest BCUT2D eigenvalue weighted by atomic mass is 10.1. The van der Waals surface area contributed by atoms with Gasteiger partial charge < -0.3 is 9.47 Å². The van der Waals surface area contributed by atoms with Crippen LogP contribution in [0.1, 0.15) is 22.3 Å². The van der Waals surface area contributed by atoms with Gasteiger partial charge in [-0.3, -0.25) is 10.1 Å². The third-order valence-electron chi connectivity index (χ3n) is 2.07. The zero-order valence-electron chi connectivity index (χ0n) is 9.98. The fraction of sp³-hybridized carbons (Fsp3) is 0.333. The van der Waals surface area contributed by atoms with E-state index >= 15 is 0 Å². The first-order valence-electron chi connectivity index (χ1n) is 4.88. The van der Waals surface area contributed by atoms with Crippen LogP contribution in [0.3, 0.4) is 0 Å². The van der Waals surface area contributed by atoms with Gasteiger partial charge in [0.1, 0.15) is 0 Å². The van der Waals surface area contributed by atoms with Crippen LogP contribution in [0.4, 0.5) is 27.6 Å². The average Bonchev–Trinajstić information content (AvgIpc) is 2.34. The van der Waals surface area contributed by atoms with Crippen LogP contribution in [0.15, 0.2) is 6.20 Å². The summed E-state index contributed by atoms with van der Waals surface area (Å²) in [5.41, 5.74) is -4.35. The molecule has 116 valence electrons. The molecule has 21 heavy (non-hydrogen) atoms. The molecule has 0 aliphatic heterocycles. The van der Waals surface area contributed by atoms with E-state index < -0.39 is 46.4 Å². The Labute approximate surface area is 112 Å². The SMILES string of the molecule is COC(=O)c1cnc(OC(F)(F)F)c(C(F)F)c1[N+](=O)[O-]. The van der Waals surface area contributed by atoms with E-state index in [1.54, 1.807) is 0 Å². The number of ether oxygens (including phenoxy) is 2. The zero-order chi connectivity index (χ0) is 16.4. The minimum absolute atomic E-state index is 0.289. The number of esters is 1. The van der Waals surface area contributed by atoms with Crippen molar-refractivity contribution in [2.45, 2.75) is 12.8 Å². The lowest BCUT2D eigenvalue weighted by Crippen LogP contribution is -2.20. The van der Waals surface area contributed by atoms with Crippen molar-refractivity contribution in [2.75, 3.05) is 7.11 Å². The molecule has 0 bridgehead atoms. The molecule has 0 fully saturated rings. The van der Waals surface area contributed by atoms with Crippen molar-refractivity contribution in [1.82, 2.24) is 4.98 Å². The van der Waals surface area contributed by atoms with Gasteiger partial charge in [-0.05, 0) is 0 Å². The Morgan fingerprint density at radius 1 is 1.43 bits per heavy atom. The summed E-state index contributed by atoms with van der Waals surface area (Å²) in [5, 5.41) is 10.8. The average molecular weight is 316 g/mol. The lowest BCUT2D eigenvalue weighted by molar-refractivity contribution is -0.386. The Morgan fingerprint density at radius 2 is 2.00 bits per heavy atom. The van der Waals surface area contributed by atoms with Crippen molar-refractivity contribution in [1.29, 1.82) is 0 Å². The number of carbonyl (C=O) groups is 1. The van der Waals surface area contributed by atoms with Crippen LogP contribution in [0.25, 0.3) is 0 Å². The van der Waals surface area contributed by atoms with Gasteiger partial charge in [-0.2, -0.15) is 0 Å². The highest BCUT2D eigenvalue weighted by Gasteiger charge is 2.40. The highest BCUT2D eigenvalue weighted by molar-refractivity contribution is 5.94. The Hall–Kier alpha value is -2.53. The summed E-state index contributed by atoms with van der Waals surface area (Å²) in [4.78, 5) is 23.4. The molecular weight excluding hydrogens is 311 g/mol. The first-order chi connectivity index (χ1) is 9.58. The molecule has 0 aliphatic rings. The molecule has 0 saturated carbocycles. The number of nitro groups is 1. The highest BCUT2D eigenvalue weighted by Crippen LogP contribution is 2.39. The molecule has 1 aromatic heterocycles. The van der Waals surface area contributed by atoms with E-state index in [-0.39, 0.29) is 6.20 Å². The first kappa shape index (κ1) is 16.5. The van der Waals surface area contributed by atoms with Crippen LogP contribution >= 0.6 is 0 Å². The molecule has 12 heteroatoms. The second-order valence-electron chi connectivity index (χ2n) is 3.34. The van der Waals surface area contributed by atoms with E-state index in [4.69, 9.17) is 0 Å². The van der Waals surface area contributed by atoms with Crippen LogP contribution in [0.2, 0.25) is 0 Å². The summed E-state index contributed by atoms with van der Waals surface area (Å²) in [6.45, 7) is 0. The van der Waals surface area contributed by atoms with Gasteiger partial charge in [-0.1, -0.05) is 0 Å². The van der Waals surface area contributed by atoms with E-state index in [0.717, 1.165) is 7.11 Å². The largest absolute Gasteiger partial charge is 0.574 e. The number of methoxy groups -OCH3 is 1. The van der Waals surface area contributed by atoms with Gasteiger partial charge in [-0.25, -0.2) is 18.6 Å². The topological polar surface area (TPSA) is 91.6 Å². The van der Waals surface area contributed by atoms with Crippen molar-refractivity contribution >= 4 is 11.7 Å². The smallest absolute Gasteiger partial charge is 0.465 e. The minimum Gasteiger partial charge on any atom is -0.465 e. The second-order valence-corrected chi connectivity index (χ2v) is 3.34. The molecule has 0 amide bonds. The van der Waals surface area contributed by atoms with Crippen LogP contribution in [-0.4, -0.2) is 29.3 Å². The van der Waals surface area contributed by atoms with Crippen molar-refractivity contribution in [3.05, 3.63) is 27.4 Å². The Morgan fingerprint density at radius 3 is 2.38 bits per heavy atom. The van der Waals surface area contributed by atoms with Crippen LogP contribution in [-0.2, 0) is 4.74 Å². The maximum absolute atomic E-state index is 12.8. The molecule has 0 aliphatic carbocycles. The number of rotatable bonds is 4. The molecular formula is C9H5F5N2O5. The quantitative estimate of drug-likeness (QED) is 0.367. The first-order valence-corrected chi connectivity index (χ1v) is 4.88. The van der Waals surface area contributed by atoms with E-state index in [2.05, 4.69) is 14.5 Å². The zero-order valence-corrected chi connectivity index (χ0v) is 9.98. The summed E-state index contributed by atoms with van der Waals surface area (Å²) in [7, 11) is 0.800. The Kier molecular flexibility index (Phi) is 4.60. The summed E-state index contributed by atoms with van der Waals surface area (Å²) in [6.07, 6.45) is -8.84. The molecule has 1 rings (SSSR count). The van der Waals surface area contributed by atoms with Gasteiger partial charge in [0.05, 0.1) is 18.2 Å². The van der Waals surface area contributed by atoms with E-state index in [0.29, 0.717) is 0 Å². The number of pyridine rings is 1. The molecule has 0 atom stereocenters. The monoisotopic (exact) mass is 316 g/mol. The lowest BCUT2D eigenvalue weighted by Gasteiger charge is -2.13. The molecule has 1 heterocycles. The van der Waals surface area contributed by atoms with Gasteiger partial charge in [-0.15, -0.1) is 13.2 Å². The van der Waals surface area contributed by atoms with Crippen LogP contribution in [0, 0.1) is 10.1 Å². The molecule has 0 spiro atoms. The number of carbonyl (C=O) groups excluding carboxylic acids is 1. The van der Waals surface area contributed by atoms with Gasteiger partial charge in [0.15, 0.2) is 11.1 Å². The van der Waals surface area contributed by atoms with E-state index in [9.17, 15) is 36.9 Å². The van der Waals surface area contributed by atoms with Crippen molar-refractivity contribution < 1.29 is 41.1 Å². The van der Waals surface area contributed by atoms with Gasteiger partial charge in [0.2, 0.25) is 5.88 Å². The number of halogens is 5. The summed E-state index contributed by atoms with van der Waals surface area (Å²) < 4.78 is 69.2. The van der Waals surface area contributed by atoms with Crippen molar-refractivity contribution in [3.63, 3.8) is 0 Å². The van der Waals surface area contributed by atoms with Crippen LogP contribution < -0.4 is 4.74 Å². The third-order valence-corrected chi connectivity index (χ3v) is 2.07. The highest BCUT2D eigenvalue weighted by atomic mass is 19.4. The summed E-state index contributed by atoms with van der Waals surface area (Å²) in [6, 6.07) is 0. The third kappa shape index (κ3) is 3.73. The summed E-state index contributed by atoms with van der Waals surface area (Å²) >= 11 is 0. The second kappa shape index (κ2) is 5.85. The van der Waals surface area contributed by atoms with Crippen LogP contribution in [0.5, 0.6) is 5.88 Å². The number of nitrogens with zero attached hydrogens (tertiary/aromatic N) is 2. The molecule has 7 nitrogen and oxygen atoms in total. The Balaban J connectivity index is 3.61. The number of hydrogen-bond donors (Lipinski definition) is 0. The van der Waals surface area contributed by atoms with Gasteiger partial charge in [0, 0.05) is 0 Å². The maximum Gasteiger partial charge on any atom is 0.574 e. The normalized spacial score (nSPS) is 11.4. The predicted molar refractivity (Wildman–Crippen MR) is 53.9 cm³/mol. The molecule has 0 unspecified atom stereocenters. The van der Waals surface area contributed by atoms with Crippen molar-refractivity contribution in [3.8, 4) is 5.88 Å². The molecule has 1 aromatic rings. The summed E-state index contributed by atoms with van der Waals surface area (Å²) in [5.74, 6) is -3.12. The number of alkyl halides is 5. The van der Waals surface area contributed by atoms with Gasteiger partial charge in [0.25, 0.3) is 12.1 Å². The molecule has 0 N–H and O–H groups in total. The fourth-order valence-electron chi connectivity index (χ4n) is 1.34.